The predicted octanol–water partition coefficient (Wildman–Crippen LogP) is 1.66. The lowest BCUT2D eigenvalue weighted by molar-refractivity contribution is 0.281. The minimum atomic E-state index is -3.78. The first-order valence-corrected chi connectivity index (χ1v) is 8.60. The molecule has 1 atom stereocenters. The molecule has 0 spiro atoms. The van der Waals surface area contributed by atoms with Crippen molar-refractivity contribution < 1.29 is 17.9 Å². The van der Waals surface area contributed by atoms with Gasteiger partial charge in [0.15, 0.2) is 0 Å². The molecule has 4 nitrogen and oxygen atoms in total. The average Bonchev–Trinajstić information content (AvgIpc) is 2.31. The molecule has 0 saturated heterocycles. The number of hydrogen-bond acceptors (Lipinski definition) is 4. The van der Waals surface area contributed by atoms with E-state index in [1.165, 1.54) is 24.8 Å². The molecule has 7 heteroatoms. The first-order valence-electron chi connectivity index (χ1n) is 5.73. The summed E-state index contributed by atoms with van der Waals surface area (Å²) in [6, 6.07) is 2.19. The molecule has 1 aromatic rings. The van der Waals surface area contributed by atoms with Crippen LogP contribution in [0.2, 0.25) is 0 Å². The zero-order valence-electron chi connectivity index (χ0n) is 11.1. The molecule has 19 heavy (non-hydrogen) atoms. The van der Waals surface area contributed by atoms with Crippen LogP contribution in [0.25, 0.3) is 0 Å². The molecule has 0 amide bonds. The number of hydrogen-bond donors (Lipinski definition) is 2. The number of sulfonamides is 1. The third-order valence-electron chi connectivity index (χ3n) is 2.60. The second kappa shape index (κ2) is 6.69. The van der Waals surface area contributed by atoms with E-state index in [1.54, 1.807) is 6.92 Å². The van der Waals surface area contributed by atoms with Gasteiger partial charge in [0.2, 0.25) is 10.0 Å². The van der Waals surface area contributed by atoms with Crippen molar-refractivity contribution in [3.8, 4) is 0 Å². The molecular weight excluding hydrogens is 289 g/mol. The molecule has 0 aliphatic carbocycles. The third kappa shape index (κ3) is 4.17. The fourth-order valence-electron chi connectivity index (χ4n) is 1.69. The van der Waals surface area contributed by atoms with E-state index >= 15 is 0 Å². The van der Waals surface area contributed by atoms with Crippen molar-refractivity contribution in [2.24, 2.45) is 0 Å². The molecule has 1 aromatic carbocycles. The molecule has 1 unspecified atom stereocenters. The molecular formula is C12H18FNO3S2. The molecule has 0 aliphatic rings. The van der Waals surface area contributed by atoms with Crippen LogP contribution in [0.15, 0.2) is 17.0 Å². The van der Waals surface area contributed by atoms with Gasteiger partial charge in [-0.1, -0.05) is 0 Å². The molecule has 0 heterocycles. The highest BCUT2D eigenvalue weighted by atomic mass is 32.2. The summed E-state index contributed by atoms with van der Waals surface area (Å²) in [5.41, 5.74) is 0.294. The van der Waals surface area contributed by atoms with Crippen LogP contribution in [-0.2, 0) is 16.6 Å². The summed E-state index contributed by atoms with van der Waals surface area (Å²) in [6.07, 6.45) is 1.88. The van der Waals surface area contributed by atoms with Gasteiger partial charge in [-0.15, -0.1) is 0 Å². The summed E-state index contributed by atoms with van der Waals surface area (Å²) in [5.74, 6) is -0.00933. The Labute approximate surface area is 117 Å². The van der Waals surface area contributed by atoms with Crippen molar-refractivity contribution >= 4 is 21.8 Å². The van der Waals surface area contributed by atoms with Crippen molar-refractivity contribution in [2.45, 2.75) is 31.4 Å². The maximum absolute atomic E-state index is 13.6. The summed E-state index contributed by atoms with van der Waals surface area (Å²) in [6.45, 7) is 2.75. The molecule has 0 bridgehead atoms. The Morgan fingerprint density at radius 1 is 1.47 bits per heavy atom. The Hall–Kier alpha value is -0.630. The number of aliphatic hydroxyl groups excluding tert-OH is 1. The SMILES string of the molecule is CSCC(C)NS(=O)(=O)c1cc(CO)cc(F)c1C. The normalized spacial score (nSPS) is 13.5. The minimum absolute atomic E-state index is 0.0565. The lowest BCUT2D eigenvalue weighted by Gasteiger charge is -2.15. The zero-order valence-corrected chi connectivity index (χ0v) is 12.7. The van der Waals surface area contributed by atoms with E-state index in [1.807, 2.05) is 6.26 Å². The second-order valence-corrected chi connectivity index (χ2v) is 6.93. The van der Waals surface area contributed by atoms with Crippen LogP contribution in [0.1, 0.15) is 18.1 Å². The van der Waals surface area contributed by atoms with Crippen molar-refractivity contribution in [1.82, 2.24) is 4.72 Å². The maximum Gasteiger partial charge on any atom is 0.241 e. The van der Waals surface area contributed by atoms with Gasteiger partial charge in [-0.25, -0.2) is 17.5 Å². The molecule has 0 radical (unpaired) electrons. The fraction of sp³-hybridized carbons (Fsp3) is 0.500. The number of halogens is 1. The summed E-state index contributed by atoms with van der Waals surface area (Å²) in [5, 5.41) is 9.02. The molecule has 108 valence electrons. The number of thioether (sulfide) groups is 1. The summed E-state index contributed by atoms with van der Waals surface area (Å²) in [4.78, 5) is -0.121. The molecule has 0 fully saturated rings. The highest BCUT2D eigenvalue weighted by Gasteiger charge is 2.22. The van der Waals surface area contributed by atoms with Crippen molar-refractivity contribution in [3.63, 3.8) is 0 Å². The van der Waals surface area contributed by atoms with Crippen LogP contribution < -0.4 is 4.72 Å². The van der Waals surface area contributed by atoms with Crippen LogP contribution in [0.5, 0.6) is 0 Å². The van der Waals surface area contributed by atoms with Gasteiger partial charge in [0.05, 0.1) is 11.5 Å². The summed E-state index contributed by atoms with van der Waals surface area (Å²) >= 11 is 1.52. The van der Waals surface area contributed by atoms with Gasteiger partial charge in [0.1, 0.15) is 5.82 Å². The topological polar surface area (TPSA) is 66.4 Å². The Balaban J connectivity index is 3.17. The van der Waals surface area contributed by atoms with E-state index in [9.17, 15) is 12.8 Å². The van der Waals surface area contributed by atoms with E-state index < -0.39 is 22.4 Å². The predicted molar refractivity (Wildman–Crippen MR) is 75.2 cm³/mol. The van der Waals surface area contributed by atoms with Crippen LogP contribution in [0, 0.1) is 12.7 Å². The number of aliphatic hydroxyl groups is 1. The molecule has 0 saturated carbocycles. The fourth-order valence-corrected chi connectivity index (χ4v) is 3.93. The Bertz CT molecular complexity index is 546. The first-order chi connectivity index (χ1) is 8.81. The van der Waals surface area contributed by atoms with Crippen molar-refractivity contribution in [2.75, 3.05) is 12.0 Å². The average molecular weight is 307 g/mol. The lowest BCUT2D eigenvalue weighted by Crippen LogP contribution is -2.34. The van der Waals surface area contributed by atoms with Crippen LogP contribution in [0.4, 0.5) is 4.39 Å². The standard InChI is InChI=1S/C12H18FNO3S2/c1-8(7-18-3)14-19(16,17)12-5-10(6-15)4-11(13)9(12)2/h4-5,8,14-15H,6-7H2,1-3H3. The van der Waals surface area contributed by atoms with Gasteiger partial charge in [-0.3, -0.25) is 0 Å². The lowest BCUT2D eigenvalue weighted by atomic mass is 10.1. The number of nitrogens with one attached hydrogen (secondary N) is 1. The van der Waals surface area contributed by atoms with Crippen LogP contribution in [-0.4, -0.2) is 31.6 Å². The van der Waals surface area contributed by atoms with Crippen LogP contribution in [0.3, 0.4) is 0 Å². The Morgan fingerprint density at radius 3 is 2.63 bits per heavy atom. The summed E-state index contributed by atoms with van der Waals surface area (Å²) in [7, 11) is -3.78. The van der Waals surface area contributed by atoms with Crippen LogP contribution >= 0.6 is 11.8 Å². The number of rotatable bonds is 6. The van der Waals surface area contributed by atoms with E-state index in [2.05, 4.69) is 4.72 Å². The Kier molecular flexibility index (Phi) is 5.79. The minimum Gasteiger partial charge on any atom is -0.392 e. The van der Waals surface area contributed by atoms with Gasteiger partial charge in [0.25, 0.3) is 0 Å². The van der Waals surface area contributed by atoms with Gasteiger partial charge < -0.3 is 5.11 Å². The molecule has 1 rings (SSSR count). The zero-order chi connectivity index (χ0) is 14.6. The molecule has 0 aromatic heterocycles. The second-order valence-electron chi connectivity index (χ2n) is 4.34. The van der Waals surface area contributed by atoms with Crippen molar-refractivity contribution in [1.29, 1.82) is 0 Å². The third-order valence-corrected chi connectivity index (χ3v) is 5.15. The van der Waals surface area contributed by atoms with E-state index in [0.29, 0.717) is 5.75 Å². The van der Waals surface area contributed by atoms with E-state index in [0.717, 1.165) is 6.07 Å². The highest BCUT2D eigenvalue weighted by molar-refractivity contribution is 7.98. The van der Waals surface area contributed by atoms with Gasteiger partial charge in [0, 0.05) is 17.4 Å². The van der Waals surface area contributed by atoms with Crippen molar-refractivity contribution in [3.05, 3.63) is 29.1 Å². The van der Waals surface area contributed by atoms with Gasteiger partial charge >= 0.3 is 0 Å². The number of benzene rings is 1. The monoisotopic (exact) mass is 307 g/mol. The van der Waals surface area contributed by atoms with E-state index in [-0.39, 0.29) is 22.1 Å². The largest absolute Gasteiger partial charge is 0.392 e. The van der Waals surface area contributed by atoms with E-state index in [4.69, 9.17) is 5.11 Å². The molecule has 0 aliphatic heterocycles. The van der Waals surface area contributed by atoms with Gasteiger partial charge in [-0.2, -0.15) is 11.8 Å². The first kappa shape index (κ1) is 16.4. The Morgan fingerprint density at radius 2 is 2.11 bits per heavy atom. The summed E-state index contributed by atoms with van der Waals surface area (Å²) < 4.78 is 40.5. The van der Waals surface area contributed by atoms with Gasteiger partial charge in [-0.05, 0) is 37.8 Å². The quantitative estimate of drug-likeness (QED) is 0.839. The smallest absolute Gasteiger partial charge is 0.241 e. The maximum atomic E-state index is 13.6. The molecule has 2 N–H and O–H groups in total. The highest BCUT2D eigenvalue weighted by Crippen LogP contribution is 2.21.